The Hall–Kier alpha value is -1.11. The minimum Gasteiger partial charge on any atom is -0.497 e. The third kappa shape index (κ3) is 4.21. The molecule has 5 nitrogen and oxygen atoms in total. The van der Waals surface area contributed by atoms with Gasteiger partial charge in [0, 0.05) is 20.2 Å². The number of methoxy groups -OCH3 is 2. The van der Waals surface area contributed by atoms with Crippen molar-refractivity contribution in [2.24, 2.45) is 0 Å². The minimum absolute atomic E-state index is 0.0489. The van der Waals surface area contributed by atoms with Crippen LogP contribution in [0.25, 0.3) is 0 Å². The molecule has 0 aliphatic carbocycles. The van der Waals surface area contributed by atoms with Crippen molar-refractivity contribution >= 4 is 10.0 Å². The summed E-state index contributed by atoms with van der Waals surface area (Å²) in [4.78, 5) is 0. The lowest BCUT2D eigenvalue weighted by Crippen LogP contribution is -2.41. The van der Waals surface area contributed by atoms with Gasteiger partial charge in [-0.1, -0.05) is 12.1 Å². The third-order valence-corrected chi connectivity index (χ3v) is 6.30. The van der Waals surface area contributed by atoms with Gasteiger partial charge in [0.15, 0.2) is 0 Å². The van der Waals surface area contributed by atoms with Gasteiger partial charge in [-0.05, 0) is 43.4 Å². The van der Waals surface area contributed by atoms with Crippen LogP contribution in [0, 0.1) is 0 Å². The standard InChI is InChI=1S/C16H25NO4S/c1-13(20-2)12-22(18,19)17-9-7-14(8-10-17)15-5-4-6-16(11-15)21-3/h4-6,11,13-14H,7-10,12H2,1-3H3. The lowest BCUT2D eigenvalue weighted by Gasteiger charge is -2.32. The Morgan fingerprint density at radius 3 is 2.55 bits per heavy atom. The molecule has 0 bridgehead atoms. The second-order valence-electron chi connectivity index (χ2n) is 5.77. The van der Waals surface area contributed by atoms with Crippen LogP contribution in [0.4, 0.5) is 0 Å². The number of hydrogen-bond donors (Lipinski definition) is 0. The van der Waals surface area contributed by atoms with Crippen LogP contribution in [-0.2, 0) is 14.8 Å². The van der Waals surface area contributed by atoms with E-state index in [9.17, 15) is 8.42 Å². The molecule has 1 unspecified atom stereocenters. The van der Waals surface area contributed by atoms with Crippen molar-refractivity contribution < 1.29 is 17.9 Å². The fourth-order valence-corrected chi connectivity index (χ4v) is 4.54. The van der Waals surface area contributed by atoms with E-state index in [4.69, 9.17) is 9.47 Å². The van der Waals surface area contributed by atoms with E-state index < -0.39 is 10.0 Å². The number of rotatable bonds is 6. The first-order valence-corrected chi connectivity index (χ1v) is 9.21. The average Bonchev–Trinajstić information content (AvgIpc) is 2.54. The molecule has 6 heteroatoms. The molecule has 0 aromatic heterocycles. The van der Waals surface area contributed by atoms with Gasteiger partial charge in [0.2, 0.25) is 10.0 Å². The predicted molar refractivity (Wildman–Crippen MR) is 86.8 cm³/mol. The molecule has 0 radical (unpaired) electrons. The second-order valence-corrected chi connectivity index (χ2v) is 7.79. The van der Waals surface area contributed by atoms with Crippen LogP contribution in [0.3, 0.4) is 0 Å². The highest BCUT2D eigenvalue weighted by molar-refractivity contribution is 7.89. The largest absolute Gasteiger partial charge is 0.497 e. The third-order valence-electron chi connectivity index (χ3n) is 4.26. The molecule has 1 aromatic rings. The Kier molecular flexibility index (Phi) is 5.83. The van der Waals surface area contributed by atoms with Gasteiger partial charge in [0.25, 0.3) is 0 Å². The molecule has 0 amide bonds. The van der Waals surface area contributed by atoms with Crippen molar-refractivity contribution in [3.63, 3.8) is 0 Å². The summed E-state index contributed by atoms with van der Waals surface area (Å²) in [6, 6.07) is 8.04. The predicted octanol–water partition coefficient (Wildman–Crippen LogP) is 2.24. The van der Waals surface area contributed by atoms with Crippen LogP contribution < -0.4 is 4.74 Å². The molecular weight excluding hydrogens is 302 g/mol. The van der Waals surface area contributed by atoms with E-state index >= 15 is 0 Å². The van der Waals surface area contributed by atoms with Gasteiger partial charge in [-0.3, -0.25) is 0 Å². The summed E-state index contributed by atoms with van der Waals surface area (Å²) in [5, 5.41) is 0. The summed E-state index contributed by atoms with van der Waals surface area (Å²) >= 11 is 0. The molecule has 1 aliphatic rings. The SMILES string of the molecule is COc1cccc(C2CCN(S(=O)(=O)CC(C)OC)CC2)c1. The normalized spacial score (nSPS) is 19.0. The van der Waals surface area contributed by atoms with Crippen LogP contribution >= 0.6 is 0 Å². The zero-order valence-corrected chi connectivity index (χ0v) is 14.3. The van der Waals surface area contributed by atoms with Crippen molar-refractivity contribution in [1.29, 1.82) is 0 Å². The highest BCUT2D eigenvalue weighted by atomic mass is 32.2. The Labute approximate surface area is 133 Å². The summed E-state index contributed by atoms with van der Waals surface area (Å²) in [7, 11) is -0.0346. The lowest BCUT2D eigenvalue weighted by atomic mass is 9.90. The number of sulfonamides is 1. The minimum atomic E-state index is -3.23. The molecule has 2 rings (SSSR count). The maximum absolute atomic E-state index is 12.3. The van der Waals surface area contributed by atoms with E-state index in [-0.39, 0.29) is 11.9 Å². The van der Waals surface area contributed by atoms with Crippen LogP contribution in [0.15, 0.2) is 24.3 Å². The fraction of sp³-hybridized carbons (Fsp3) is 0.625. The zero-order valence-electron chi connectivity index (χ0n) is 13.5. The first-order valence-electron chi connectivity index (χ1n) is 7.61. The molecule has 0 N–H and O–H groups in total. The van der Waals surface area contributed by atoms with Crippen molar-refractivity contribution in [3.8, 4) is 5.75 Å². The van der Waals surface area contributed by atoms with Crippen LogP contribution in [-0.4, -0.2) is 51.9 Å². The molecule has 0 saturated carbocycles. The van der Waals surface area contributed by atoms with E-state index in [1.807, 2.05) is 18.2 Å². The van der Waals surface area contributed by atoms with Gasteiger partial charge in [0.05, 0.1) is 19.0 Å². The Bertz CT molecular complexity index is 580. The monoisotopic (exact) mass is 327 g/mol. The number of nitrogens with zero attached hydrogens (tertiary/aromatic N) is 1. The molecule has 1 aliphatic heterocycles. The summed E-state index contributed by atoms with van der Waals surface area (Å²) in [6.07, 6.45) is 1.41. The van der Waals surface area contributed by atoms with E-state index in [0.29, 0.717) is 19.0 Å². The fourth-order valence-electron chi connectivity index (χ4n) is 2.83. The quantitative estimate of drug-likeness (QED) is 0.804. The van der Waals surface area contributed by atoms with Gasteiger partial charge >= 0.3 is 0 Å². The summed E-state index contributed by atoms with van der Waals surface area (Å²) < 4.78 is 36.6. The van der Waals surface area contributed by atoms with Gasteiger partial charge in [-0.2, -0.15) is 0 Å². The summed E-state index contributed by atoms with van der Waals surface area (Å²) in [5.74, 6) is 1.29. The molecular formula is C16H25NO4S. The maximum Gasteiger partial charge on any atom is 0.216 e. The van der Waals surface area contributed by atoms with Crippen molar-refractivity contribution in [3.05, 3.63) is 29.8 Å². The van der Waals surface area contributed by atoms with Crippen molar-refractivity contribution in [1.82, 2.24) is 4.31 Å². The van der Waals surface area contributed by atoms with Crippen molar-refractivity contribution in [2.75, 3.05) is 33.1 Å². The molecule has 1 aromatic carbocycles. The lowest BCUT2D eigenvalue weighted by molar-refractivity contribution is 0.134. The molecule has 1 atom stereocenters. The second kappa shape index (κ2) is 7.44. The topological polar surface area (TPSA) is 55.8 Å². The molecule has 0 spiro atoms. The molecule has 1 heterocycles. The first-order chi connectivity index (χ1) is 10.5. The van der Waals surface area contributed by atoms with E-state index in [0.717, 1.165) is 18.6 Å². The van der Waals surface area contributed by atoms with Crippen molar-refractivity contribution in [2.45, 2.75) is 31.8 Å². The van der Waals surface area contributed by atoms with Crippen LogP contribution in [0.1, 0.15) is 31.2 Å². The van der Waals surface area contributed by atoms with Crippen LogP contribution in [0.2, 0.25) is 0 Å². The molecule has 22 heavy (non-hydrogen) atoms. The molecule has 1 fully saturated rings. The van der Waals surface area contributed by atoms with E-state index in [2.05, 4.69) is 6.07 Å². The summed E-state index contributed by atoms with van der Waals surface area (Å²) in [6.45, 7) is 2.92. The van der Waals surface area contributed by atoms with Crippen LogP contribution in [0.5, 0.6) is 5.75 Å². The van der Waals surface area contributed by atoms with E-state index in [1.54, 1.807) is 18.3 Å². The zero-order chi connectivity index (χ0) is 16.2. The maximum atomic E-state index is 12.3. The van der Waals surface area contributed by atoms with Gasteiger partial charge in [-0.15, -0.1) is 0 Å². The van der Waals surface area contributed by atoms with Gasteiger partial charge in [-0.25, -0.2) is 12.7 Å². The Morgan fingerprint density at radius 1 is 1.27 bits per heavy atom. The van der Waals surface area contributed by atoms with Gasteiger partial charge < -0.3 is 9.47 Å². The average molecular weight is 327 g/mol. The highest BCUT2D eigenvalue weighted by Crippen LogP contribution is 2.31. The van der Waals surface area contributed by atoms with E-state index in [1.165, 1.54) is 12.7 Å². The summed E-state index contributed by atoms with van der Waals surface area (Å²) in [5.41, 5.74) is 1.22. The number of piperidine rings is 1. The Morgan fingerprint density at radius 2 is 1.95 bits per heavy atom. The highest BCUT2D eigenvalue weighted by Gasteiger charge is 2.29. The Balaban J connectivity index is 1.98. The first kappa shape index (κ1) is 17.2. The smallest absolute Gasteiger partial charge is 0.216 e. The number of ether oxygens (including phenoxy) is 2. The number of hydrogen-bond acceptors (Lipinski definition) is 4. The van der Waals surface area contributed by atoms with Gasteiger partial charge in [0.1, 0.15) is 5.75 Å². The molecule has 1 saturated heterocycles. The molecule has 124 valence electrons. The number of benzene rings is 1.